The van der Waals surface area contributed by atoms with Gasteiger partial charge in [-0.2, -0.15) is 0 Å². The van der Waals surface area contributed by atoms with Crippen LogP contribution in [0.3, 0.4) is 0 Å². The Morgan fingerprint density at radius 1 is 0.758 bits per heavy atom. The van der Waals surface area contributed by atoms with Gasteiger partial charge in [-0.25, -0.2) is 13.2 Å². The molecule has 0 heterocycles. The molecule has 0 fully saturated rings. The summed E-state index contributed by atoms with van der Waals surface area (Å²) in [5.41, 5.74) is 1.22. The van der Waals surface area contributed by atoms with Crippen LogP contribution in [0.5, 0.6) is 0 Å². The monoisotopic (exact) mass is 467 g/mol. The maximum absolute atomic E-state index is 13.4. The smallest absolute Gasteiger partial charge is 0.340 e. The summed E-state index contributed by atoms with van der Waals surface area (Å²) in [5, 5.41) is 1.65. The predicted octanol–water partition coefficient (Wildman–Crippen LogP) is 6.61. The molecule has 0 saturated heterocycles. The van der Waals surface area contributed by atoms with Crippen molar-refractivity contribution in [3.63, 3.8) is 0 Å². The van der Waals surface area contributed by atoms with Gasteiger partial charge in [0.2, 0.25) is 5.44 Å². The lowest BCUT2D eigenvalue weighted by Gasteiger charge is -2.25. The van der Waals surface area contributed by atoms with Crippen LogP contribution in [0.4, 0.5) is 0 Å². The topological polar surface area (TPSA) is 83.5 Å². The van der Waals surface area contributed by atoms with E-state index in [1.807, 2.05) is 64.1 Å². The van der Waals surface area contributed by atoms with Gasteiger partial charge < -0.3 is 9.29 Å². The summed E-state index contributed by atoms with van der Waals surface area (Å²) in [7, 11) is -4.97. The van der Waals surface area contributed by atoms with E-state index in [0.717, 1.165) is 27.5 Å². The van der Waals surface area contributed by atoms with Gasteiger partial charge in [0.15, 0.2) is 0 Å². The van der Waals surface area contributed by atoms with Crippen LogP contribution in [0.1, 0.15) is 97.3 Å². The largest absolute Gasteiger partial charge is 0.745 e. The van der Waals surface area contributed by atoms with Crippen LogP contribution in [0, 0.1) is 0 Å². The first-order valence-electron chi connectivity index (χ1n) is 11.2. The number of carbonyl (C=O) groups is 1. The van der Waals surface area contributed by atoms with Crippen LogP contribution in [-0.4, -0.2) is 18.9 Å². The molecule has 176 valence electrons. The fourth-order valence-corrected chi connectivity index (χ4v) is 4.68. The fourth-order valence-electron chi connectivity index (χ4n) is 4.00. The van der Waals surface area contributed by atoms with E-state index in [4.69, 9.17) is 4.74 Å². The molecule has 33 heavy (non-hydrogen) atoms. The third kappa shape index (κ3) is 5.45. The standard InChI is InChI=1S/C27H32O5S/c1-16(2)22-14-23(17(3)4)25(24(15-22)18(5)6)26(28)32-27(33(29,30)31)21-12-11-19-9-7-8-10-20(19)13-21/h7-18,27H,1-6H3,(H,29,30,31)/p-1. The number of esters is 1. The van der Waals surface area contributed by atoms with Crippen molar-refractivity contribution in [3.8, 4) is 0 Å². The molecule has 0 aliphatic heterocycles. The zero-order valence-corrected chi connectivity index (χ0v) is 20.8. The molecule has 3 aromatic carbocycles. The Morgan fingerprint density at radius 2 is 1.30 bits per heavy atom. The normalized spacial score (nSPS) is 13.2. The summed E-state index contributed by atoms with van der Waals surface area (Å²) < 4.78 is 42.0. The van der Waals surface area contributed by atoms with Gasteiger partial charge in [-0.3, -0.25) is 0 Å². The minimum Gasteiger partial charge on any atom is -0.745 e. The Bertz CT molecular complexity index is 1240. The molecule has 5 nitrogen and oxygen atoms in total. The molecule has 0 spiro atoms. The zero-order chi connectivity index (χ0) is 24.5. The Balaban J connectivity index is 2.12. The van der Waals surface area contributed by atoms with E-state index < -0.39 is 21.5 Å². The first kappa shape index (κ1) is 24.9. The number of hydrogen-bond acceptors (Lipinski definition) is 5. The van der Waals surface area contributed by atoms with Crippen molar-refractivity contribution in [2.45, 2.75) is 64.7 Å². The first-order valence-corrected chi connectivity index (χ1v) is 12.7. The highest BCUT2D eigenvalue weighted by Crippen LogP contribution is 2.35. The molecule has 0 amide bonds. The van der Waals surface area contributed by atoms with Crippen molar-refractivity contribution in [3.05, 3.63) is 82.4 Å². The summed E-state index contributed by atoms with van der Waals surface area (Å²) in [4.78, 5) is 13.4. The fraction of sp³-hybridized carbons (Fsp3) is 0.370. The molecule has 1 unspecified atom stereocenters. The molecule has 1 atom stereocenters. The summed E-state index contributed by atoms with van der Waals surface area (Å²) in [5.74, 6) is -0.522. The van der Waals surface area contributed by atoms with E-state index in [-0.39, 0.29) is 23.3 Å². The first-order chi connectivity index (χ1) is 15.4. The van der Waals surface area contributed by atoms with E-state index in [1.165, 1.54) is 6.07 Å². The average Bonchev–Trinajstić information content (AvgIpc) is 2.75. The number of rotatable bonds is 7. The lowest BCUT2D eigenvalue weighted by atomic mass is 9.84. The maximum Gasteiger partial charge on any atom is 0.340 e. The molecular weight excluding hydrogens is 436 g/mol. The third-order valence-electron chi connectivity index (χ3n) is 5.86. The highest BCUT2D eigenvalue weighted by atomic mass is 32.2. The van der Waals surface area contributed by atoms with Gasteiger partial charge in [0.1, 0.15) is 10.1 Å². The summed E-state index contributed by atoms with van der Waals surface area (Å²) in [6.07, 6.45) is 0. The molecule has 3 aromatic rings. The van der Waals surface area contributed by atoms with Crippen LogP contribution >= 0.6 is 0 Å². The average molecular weight is 468 g/mol. The second-order valence-corrected chi connectivity index (χ2v) is 10.8. The number of hydrogen-bond donors (Lipinski definition) is 0. The molecule has 0 bridgehead atoms. The molecule has 3 rings (SSSR count). The molecule has 0 N–H and O–H groups in total. The van der Waals surface area contributed by atoms with Crippen molar-refractivity contribution in [1.29, 1.82) is 0 Å². The summed E-state index contributed by atoms with van der Waals surface area (Å²) >= 11 is 0. The molecule has 0 radical (unpaired) electrons. The maximum atomic E-state index is 13.4. The minimum atomic E-state index is -4.97. The molecule has 0 saturated carbocycles. The van der Waals surface area contributed by atoms with Crippen molar-refractivity contribution >= 4 is 26.9 Å². The molecule has 0 aliphatic carbocycles. The number of fused-ring (bicyclic) bond motifs is 1. The van der Waals surface area contributed by atoms with E-state index in [0.29, 0.717) is 5.56 Å². The number of ether oxygens (including phenoxy) is 1. The summed E-state index contributed by atoms with van der Waals surface area (Å²) in [6.45, 7) is 12.1. The van der Waals surface area contributed by atoms with Crippen LogP contribution in [-0.2, 0) is 14.9 Å². The van der Waals surface area contributed by atoms with Gasteiger partial charge in [0.05, 0.1) is 5.56 Å². The SMILES string of the molecule is CC(C)c1cc(C(C)C)c(C(=O)OC(c2ccc3ccccc3c2)S(=O)(=O)[O-])c(C(C)C)c1. The van der Waals surface area contributed by atoms with Crippen molar-refractivity contribution in [2.24, 2.45) is 0 Å². The Hall–Kier alpha value is -2.70. The van der Waals surface area contributed by atoms with Gasteiger partial charge in [-0.05, 0) is 51.3 Å². The van der Waals surface area contributed by atoms with Crippen LogP contribution in [0.25, 0.3) is 10.8 Å². The lowest BCUT2D eigenvalue weighted by molar-refractivity contribution is 0.0422. The van der Waals surface area contributed by atoms with Crippen LogP contribution < -0.4 is 0 Å². The summed E-state index contributed by atoms with van der Waals surface area (Å²) in [6, 6.07) is 16.2. The Kier molecular flexibility index (Phi) is 7.29. The van der Waals surface area contributed by atoms with Gasteiger partial charge in [-0.1, -0.05) is 90.1 Å². The van der Waals surface area contributed by atoms with Crippen molar-refractivity contribution < 1.29 is 22.5 Å². The third-order valence-corrected chi connectivity index (χ3v) is 6.75. The molecule has 0 aliphatic rings. The van der Waals surface area contributed by atoms with E-state index >= 15 is 0 Å². The lowest BCUT2D eigenvalue weighted by Crippen LogP contribution is -2.22. The van der Waals surface area contributed by atoms with E-state index in [2.05, 4.69) is 13.8 Å². The van der Waals surface area contributed by atoms with E-state index in [9.17, 15) is 17.8 Å². The van der Waals surface area contributed by atoms with Crippen molar-refractivity contribution in [2.75, 3.05) is 0 Å². The molecule has 0 aromatic heterocycles. The van der Waals surface area contributed by atoms with Gasteiger partial charge in [0.25, 0.3) is 0 Å². The second-order valence-electron chi connectivity index (χ2n) is 9.38. The van der Waals surface area contributed by atoms with Crippen LogP contribution in [0.15, 0.2) is 54.6 Å². The molecule has 6 heteroatoms. The Morgan fingerprint density at radius 3 is 1.79 bits per heavy atom. The van der Waals surface area contributed by atoms with Gasteiger partial charge in [0, 0.05) is 5.56 Å². The zero-order valence-electron chi connectivity index (χ0n) is 20.0. The highest BCUT2D eigenvalue weighted by molar-refractivity contribution is 7.85. The number of benzene rings is 3. The van der Waals surface area contributed by atoms with Gasteiger partial charge >= 0.3 is 5.97 Å². The molecular formula is C27H31O5S-. The predicted molar refractivity (Wildman–Crippen MR) is 131 cm³/mol. The quantitative estimate of drug-likeness (QED) is 0.288. The highest BCUT2D eigenvalue weighted by Gasteiger charge is 2.29. The minimum absolute atomic E-state index is 0.00623. The number of carbonyl (C=O) groups excluding carboxylic acids is 1. The second kappa shape index (κ2) is 9.65. The Labute approximate surface area is 196 Å². The van der Waals surface area contributed by atoms with Gasteiger partial charge in [-0.15, -0.1) is 0 Å². The van der Waals surface area contributed by atoms with Crippen molar-refractivity contribution in [1.82, 2.24) is 0 Å². The van der Waals surface area contributed by atoms with Crippen LogP contribution in [0.2, 0.25) is 0 Å². The van der Waals surface area contributed by atoms with E-state index in [1.54, 1.807) is 12.1 Å².